The Balaban J connectivity index is 1.53. The largest absolute Gasteiger partial charge is 0.390 e. The highest BCUT2D eigenvalue weighted by Crippen LogP contribution is 2.22. The van der Waals surface area contributed by atoms with Crippen molar-refractivity contribution in [1.29, 1.82) is 0 Å². The summed E-state index contributed by atoms with van der Waals surface area (Å²) in [5, 5.41) is 17.7. The van der Waals surface area contributed by atoms with Crippen molar-refractivity contribution in [2.75, 3.05) is 6.54 Å². The van der Waals surface area contributed by atoms with E-state index in [4.69, 9.17) is 0 Å². The molecule has 1 amide bonds. The molecule has 4 nitrogen and oxygen atoms in total. The van der Waals surface area contributed by atoms with E-state index in [-0.39, 0.29) is 18.5 Å². The minimum Gasteiger partial charge on any atom is -0.390 e. The number of aryl methyl sites for hydroxylation is 1. The third-order valence-electron chi connectivity index (χ3n) is 6.36. The molecule has 4 aromatic carbocycles. The Morgan fingerprint density at radius 2 is 1.54 bits per heavy atom. The molecule has 0 radical (unpaired) electrons. The second-order valence-electron chi connectivity index (χ2n) is 9.07. The van der Waals surface area contributed by atoms with Crippen molar-refractivity contribution < 1.29 is 23.1 Å². The first kappa shape index (κ1) is 26.4. The van der Waals surface area contributed by atoms with Crippen LogP contribution >= 0.6 is 0 Å². The van der Waals surface area contributed by atoms with Crippen LogP contribution in [0.25, 0.3) is 10.8 Å². The van der Waals surface area contributed by atoms with Crippen molar-refractivity contribution in [2.45, 2.75) is 38.5 Å². The Bertz CT molecular complexity index is 1370. The maximum absolute atomic E-state index is 14.3. The average molecular weight is 507 g/mol. The third-order valence-corrected chi connectivity index (χ3v) is 6.36. The van der Waals surface area contributed by atoms with Crippen molar-refractivity contribution in [3.05, 3.63) is 119 Å². The van der Waals surface area contributed by atoms with Crippen molar-refractivity contribution in [2.24, 2.45) is 0 Å². The number of amides is 1. The monoisotopic (exact) mass is 506 g/mol. The van der Waals surface area contributed by atoms with Gasteiger partial charge in [0.1, 0.15) is 17.5 Å². The first-order chi connectivity index (χ1) is 17.8. The number of aliphatic hydroxyl groups is 1. The number of aliphatic hydroxyl groups excluding tert-OH is 1. The van der Waals surface area contributed by atoms with Gasteiger partial charge in [-0.15, -0.1) is 0 Å². The van der Waals surface area contributed by atoms with Gasteiger partial charge in [-0.05, 0) is 59.2 Å². The van der Waals surface area contributed by atoms with Gasteiger partial charge in [-0.3, -0.25) is 4.79 Å². The number of carbonyl (C=O) groups excluding carboxylic acids is 1. The molecule has 0 aliphatic carbocycles. The minimum absolute atomic E-state index is 0.00624. The molecule has 7 heteroatoms. The van der Waals surface area contributed by atoms with Gasteiger partial charge in [0.05, 0.1) is 12.1 Å². The van der Waals surface area contributed by atoms with Crippen LogP contribution in [0.3, 0.4) is 0 Å². The Hall–Kier alpha value is -3.68. The number of benzene rings is 4. The zero-order valence-electron chi connectivity index (χ0n) is 20.5. The number of fused-ring (bicyclic) bond motifs is 1. The summed E-state index contributed by atoms with van der Waals surface area (Å²) < 4.78 is 41.9. The summed E-state index contributed by atoms with van der Waals surface area (Å²) in [7, 11) is 0. The van der Waals surface area contributed by atoms with E-state index in [9.17, 15) is 23.1 Å². The molecule has 3 N–H and O–H groups in total. The molecule has 192 valence electrons. The number of halogens is 3. The maximum atomic E-state index is 14.3. The fourth-order valence-electron chi connectivity index (χ4n) is 4.44. The highest BCUT2D eigenvalue weighted by molar-refractivity contribution is 6.07. The van der Waals surface area contributed by atoms with Gasteiger partial charge < -0.3 is 15.7 Å². The molecule has 0 aliphatic rings. The Labute approximate surface area is 214 Å². The van der Waals surface area contributed by atoms with Gasteiger partial charge in [0.25, 0.3) is 5.91 Å². The van der Waals surface area contributed by atoms with E-state index in [2.05, 4.69) is 23.6 Å². The molecule has 0 aromatic heterocycles. The van der Waals surface area contributed by atoms with Crippen LogP contribution in [0.5, 0.6) is 0 Å². The fourth-order valence-corrected chi connectivity index (χ4v) is 4.44. The summed E-state index contributed by atoms with van der Waals surface area (Å²) in [5.41, 5.74) is 2.78. The van der Waals surface area contributed by atoms with Crippen LogP contribution in [0.2, 0.25) is 0 Å². The second kappa shape index (κ2) is 12.0. The maximum Gasteiger partial charge on any atom is 0.252 e. The van der Waals surface area contributed by atoms with E-state index < -0.39 is 35.5 Å². The Morgan fingerprint density at radius 1 is 0.838 bits per heavy atom. The van der Waals surface area contributed by atoms with E-state index in [1.807, 2.05) is 18.2 Å². The first-order valence-corrected chi connectivity index (χ1v) is 12.2. The lowest BCUT2D eigenvalue weighted by atomic mass is 9.98. The molecule has 4 aromatic rings. The molecule has 0 heterocycles. The van der Waals surface area contributed by atoms with Crippen LogP contribution in [0, 0.1) is 17.5 Å². The SMILES string of the molecule is CCc1cccc(CNCC(O)C(Cc2cc(F)cc(F)c2)NC(=O)c2ccc(F)c3ccccc23)c1. The number of hydrogen-bond donors (Lipinski definition) is 3. The lowest BCUT2D eigenvalue weighted by molar-refractivity contribution is 0.0831. The van der Waals surface area contributed by atoms with E-state index in [0.29, 0.717) is 22.9 Å². The van der Waals surface area contributed by atoms with Crippen molar-refractivity contribution in [1.82, 2.24) is 10.6 Å². The average Bonchev–Trinajstić information content (AvgIpc) is 2.88. The zero-order valence-corrected chi connectivity index (χ0v) is 20.5. The second-order valence-corrected chi connectivity index (χ2v) is 9.07. The van der Waals surface area contributed by atoms with Crippen LogP contribution in [0.4, 0.5) is 13.2 Å². The summed E-state index contributed by atoms with van der Waals surface area (Å²) in [6.45, 7) is 2.70. The summed E-state index contributed by atoms with van der Waals surface area (Å²) in [6, 6.07) is 19.5. The highest BCUT2D eigenvalue weighted by atomic mass is 19.1. The van der Waals surface area contributed by atoms with E-state index in [1.165, 1.54) is 29.8 Å². The normalized spacial score (nSPS) is 12.9. The van der Waals surface area contributed by atoms with Gasteiger partial charge in [0.2, 0.25) is 0 Å². The molecule has 0 bridgehead atoms. The Kier molecular flexibility index (Phi) is 8.58. The predicted octanol–water partition coefficient (Wildman–Crippen LogP) is 5.31. The molecular weight excluding hydrogens is 477 g/mol. The number of hydrogen-bond acceptors (Lipinski definition) is 3. The molecule has 0 aliphatic heterocycles. The van der Waals surface area contributed by atoms with Crippen molar-refractivity contribution in [3.63, 3.8) is 0 Å². The molecule has 37 heavy (non-hydrogen) atoms. The van der Waals surface area contributed by atoms with Crippen LogP contribution < -0.4 is 10.6 Å². The minimum atomic E-state index is -1.07. The van der Waals surface area contributed by atoms with Gasteiger partial charge in [0, 0.05) is 30.1 Å². The van der Waals surface area contributed by atoms with Crippen LogP contribution in [-0.2, 0) is 19.4 Å². The van der Waals surface area contributed by atoms with E-state index in [0.717, 1.165) is 18.1 Å². The lowest BCUT2D eigenvalue weighted by Crippen LogP contribution is -2.48. The van der Waals surface area contributed by atoms with Crippen LogP contribution in [-0.4, -0.2) is 29.7 Å². The molecular formula is C30H29F3N2O2. The van der Waals surface area contributed by atoms with E-state index in [1.54, 1.807) is 24.3 Å². The fraction of sp³-hybridized carbons (Fsp3) is 0.233. The summed E-state index contributed by atoms with van der Waals surface area (Å²) in [6.07, 6.45) is -0.170. The Morgan fingerprint density at radius 3 is 2.27 bits per heavy atom. The number of carbonyl (C=O) groups is 1. The van der Waals surface area contributed by atoms with Crippen LogP contribution in [0.1, 0.15) is 34.0 Å². The molecule has 2 atom stereocenters. The quantitative estimate of drug-likeness (QED) is 0.273. The van der Waals surface area contributed by atoms with Gasteiger partial charge in [0.15, 0.2) is 0 Å². The summed E-state index contributed by atoms with van der Waals surface area (Å²) in [5.74, 6) is -2.45. The highest BCUT2D eigenvalue weighted by Gasteiger charge is 2.24. The van der Waals surface area contributed by atoms with Gasteiger partial charge in [-0.2, -0.15) is 0 Å². The van der Waals surface area contributed by atoms with E-state index >= 15 is 0 Å². The summed E-state index contributed by atoms with van der Waals surface area (Å²) in [4.78, 5) is 13.3. The number of nitrogens with one attached hydrogen (secondary N) is 2. The van der Waals surface area contributed by atoms with Crippen molar-refractivity contribution >= 4 is 16.7 Å². The first-order valence-electron chi connectivity index (χ1n) is 12.2. The van der Waals surface area contributed by atoms with Crippen LogP contribution in [0.15, 0.2) is 78.9 Å². The third kappa shape index (κ3) is 6.76. The zero-order chi connectivity index (χ0) is 26.4. The lowest BCUT2D eigenvalue weighted by Gasteiger charge is -2.25. The van der Waals surface area contributed by atoms with Gasteiger partial charge in [-0.25, -0.2) is 13.2 Å². The molecule has 0 saturated carbocycles. The summed E-state index contributed by atoms with van der Waals surface area (Å²) >= 11 is 0. The predicted molar refractivity (Wildman–Crippen MR) is 139 cm³/mol. The molecule has 0 fully saturated rings. The van der Waals surface area contributed by atoms with Gasteiger partial charge >= 0.3 is 0 Å². The molecule has 2 unspecified atom stereocenters. The van der Waals surface area contributed by atoms with Crippen molar-refractivity contribution in [3.8, 4) is 0 Å². The van der Waals surface area contributed by atoms with Gasteiger partial charge in [-0.1, -0.05) is 55.5 Å². The smallest absolute Gasteiger partial charge is 0.252 e. The molecule has 0 saturated heterocycles. The molecule has 0 spiro atoms. The standard InChI is InChI=1S/C30H29F3N2O2/c1-2-19-6-5-7-20(12-19)17-34-18-29(36)28(15-21-13-22(31)16-23(32)14-21)35-30(37)26-10-11-27(33)25-9-4-3-8-24(25)26/h3-14,16,28-29,34,36H,2,15,17-18H2,1H3,(H,35,37). The number of rotatable bonds is 10. The topological polar surface area (TPSA) is 61.4 Å². The molecule has 4 rings (SSSR count).